The fourth-order valence-electron chi connectivity index (χ4n) is 1.37. The molecule has 0 aromatic heterocycles. The van der Waals surface area contributed by atoms with Crippen molar-refractivity contribution in [3.05, 3.63) is 35.9 Å². The Bertz CT molecular complexity index is 355. The van der Waals surface area contributed by atoms with Crippen LogP contribution in [-0.4, -0.2) is 35.1 Å². The lowest BCUT2D eigenvalue weighted by atomic mass is 10.1. The Morgan fingerprint density at radius 1 is 1.28 bits per heavy atom. The second kappa shape index (κ2) is 7.68. The molecule has 100 valence electrons. The minimum absolute atomic E-state index is 0.0252. The van der Waals surface area contributed by atoms with Gasteiger partial charge in [-0.1, -0.05) is 37.3 Å². The molecule has 1 amide bonds. The van der Waals surface area contributed by atoms with E-state index in [1.165, 1.54) is 0 Å². The van der Waals surface area contributed by atoms with E-state index in [-0.39, 0.29) is 13.2 Å². The first-order valence-electron chi connectivity index (χ1n) is 5.94. The van der Waals surface area contributed by atoms with E-state index in [9.17, 15) is 15.0 Å². The molecule has 18 heavy (non-hydrogen) atoms. The number of benzene rings is 1. The van der Waals surface area contributed by atoms with Gasteiger partial charge in [0.15, 0.2) is 0 Å². The number of hydrogen-bond acceptors (Lipinski definition) is 4. The first-order valence-corrected chi connectivity index (χ1v) is 5.94. The summed E-state index contributed by atoms with van der Waals surface area (Å²) in [5.41, 5.74) is 0.891. The number of hydrogen-bond donors (Lipinski definition) is 3. The van der Waals surface area contributed by atoms with Gasteiger partial charge >= 0.3 is 6.09 Å². The van der Waals surface area contributed by atoms with E-state index in [1.54, 1.807) is 6.92 Å². The third-order valence-electron chi connectivity index (χ3n) is 2.53. The van der Waals surface area contributed by atoms with Gasteiger partial charge in [0.2, 0.25) is 0 Å². The maximum Gasteiger partial charge on any atom is 0.407 e. The molecule has 2 atom stereocenters. The maximum atomic E-state index is 11.3. The van der Waals surface area contributed by atoms with Crippen LogP contribution in [0.4, 0.5) is 4.79 Å². The molecule has 1 rings (SSSR count). The fraction of sp³-hybridized carbons (Fsp3) is 0.462. The molecule has 5 nitrogen and oxygen atoms in total. The molecule has 0 saturated heterocycles. The normalized spacial score (nSPS) is 13.7. The molecule has 0 fully saturated rings. The molecule has 0 spiro atoms. The van der Waals surface area contributed by atoms with Crippen LogP contribution in [0.1, 0.15) is 18.9 Å². The number of nitrogens with one attached hydrogen (secondary N) is 1. The topological polar surface area (TPSA) is 78.8 Å². The predicted molar refractivity (Wildman–Crippen MR) is 66.9 cm³/mol. The lowest BCUT2D eigenvalue weighted by Crippen LogP contribution is -2.38. The van der Waals surface area contributed by atoms with Crippen molar-refractivity contribution in [2.24, 2.45) is 0 Å². The van der Waals surface area contributed by atoms with Gasteiger partial charge in [-0.25, -0.2) is 4.79 Å². The second-order valence-electron chi connectivity index (χ2n) is 3.99. The van der Waals surface area contributed by atoms with Gasteiger partial charge in [-0.3, -0.25) is 0 Å². The molecule has 0 aliphatic heterocycles. The second-order valence-corrected chi connectivity index (χ2v) is 3.99. The van der Waals surface area contributed by atoms with Crippen LogP contribution in [0.15, 0.2) is 30.3 Å². The molecule has 0 bridgehead atoms. The van der Waals surface area contributed by atoms with Crippen molar-refractivity contribution in [1.29, 1.82) is 0 Å². The smallest absolute Gasteiger partial charge is 0.407 e. The van der Waals surface area contributed by atoms with Gasteiger partial charge in [-0.05, 0) is 12.0 Å². The Balaban J connectivity index is 2.22. The van der Waals surface area contributed by atoms with E-state index in [2.05, 4.69) is 5.32 Å². The van der Waals surface area contributed by atoms with Gasteiger partial charge in [-0.15, -0.1) is 0 Å². The molecule has 0 aliphatic rings. The lowest BCUT2D eigenvalue weighted by molar-refractivity contribution is 0.0176. The van der Waals surface area contributed by atoms with Crippen LogP contribution in [0.5, 0.6) is 0 Å². The van der Waals surface area contributed by atoms with Crippen molar-refractivity contribution in [3.63, 3.8) is 0 Å². The molecule has 0 radical (unpaired) electrons. The summed E-state index contributed by atoms with van der Waals surface area (Å²) >= 11 is 0. The Hall–Kier alpha value is -1.59. The summed E-state index contributed by atoms with van der Waals surface area (Å²) in [7, 11) is 0. The first-order chi connectivity index (χ1) is 8.63. The molecule has 0 unspecified atom stereocenters. The first kappa shape index (κ1) is 14.5. The van der Waals surface area contributed by atoms with Crippen molar-refractivity contribution < 1.29 is 19.7 Å². The van der Waals surface area contributed by atoms with Crippen LogP contribution >= 0.6 is 0 Å². The van der Waals surface area contributed by atoms with Gasteiger partial charge in [0, 0.05) is 6.54 Å². The van der Waals surface area contributed by atoms with Crippen molar-refractivity contribution in [1.82, 2.24) is 5.32 Å². The Labute approximate surface area is 106 Å². The average Bonchev–Trinajstić information content (AvgIpc) is 2.42. The summed E-state index contributed by atoms with van der Waals surface area (Å²) in [5, 5.41) is 21.1. The maximum absolute atomic E-state index is 11.3. The largest absolute Gasteiger partial charge is 0.445 e. The predicted octanol–water partition coefficient (Wildman–Crippen LogP) is 1.04. The third kappa shape index (κ3) is 5.16. The summed E-state index contributed by atoms with van der Waals surface area (Å²) in [4.78, 5) is 11.3. The number of ether oxygens (including phenoxy) is 1. The molecule has 3 N–H and O–H groups in total. The molecule has 0 aliphatic carbocycles. The number of aliphatic hydroxyl groups is 2. The SMILES string of the molecule is CC[C@@H](O)[C@@H](O)CNC(=O)OCc1ccccc1. The molecule has 1 aromatic carbocycles. The van der Waals surface area contributed by atoms with Gasteiger partial charge in [0.1, 0.15) is 6.61 Å². The molecular formula is C13H19NO4. The summed E-state index contributed by atoms with van der Waals surface area (Å²) in [5.74, 6) is 0. The highest BCUT2D eigenvalue weighted by molar-refractivity contribution is 5.67. The van der Waals surface area contributed by atoms with Crippen LogP contribution in [0, 0.1) is 0 Å². The highest BCUT2D eigenvalue weighted by Gasteiger charge is 2.15. The van der Waals surface area contributed by atoms with Gasteiger partial charge in [-0.2, -0.15) is 0 Å². The third-order valence-corrected chi connectivity index (χ3v) is 2.53. The van der Waals surface area contributed by atoms with Crippen molar-refractivity contribution in [2.75, 3.05) is 6.54 Å². The molecular weight excluding hydrogens is 234 g/mol. The number of carbonyl (C=O) groups is 1. The monoisotopic (exact) mass is 253 g/mol. The van der Waals surface area contributed by atoms with E-state index in [0.717, 1.165) is 5.56 Å². The Morgan fingerprint density at radius 3 is 2.56 bits per heavy atom. The lowest BCUT2D eigenvalue weighted by Gasteiger charge is -2.16. The zero-order chi connectivity index (χ0) is 13.4. The highest BCUT2D eigenvalue weighted by atomic mass is 16.5. The Morgan fingerprint density at radius 2 is 1.94 bits per heavy atom. The molecule has 0 heterocycles. The van der Waals surface area contributed by atoms with E-state index >= 15 is 0 Å². The van der Waals surface area contributed by atoms with Crippen molar-refractivity contribution in [2.45, 2.75) is 32.2 Å². The van der Waals surface area contributed by atoms with E-state index in [4.69, 9.17) is 4.74 Å². The van der Waals surface area contributed by atoms with E-state index in [1.807, 2.05) is 30.3 Å². The molecule has 1 aromatic rings. The number of alkyl carbamates (subject to hydrolysis) is 1. The minimum Gasteiger partial charge on any atom is -0.445 e. The summed E-state index contributed by atoms with van der Waals surface area (Å²) in [6, 6.07) is 9.30. The minimum atomic E-state index is -0.973. The van der Waals surface area contributed by atoms with E-state index in [0.29, 0.717) is 6.42 Å². The fourth-order valence-corrected chi connectivity index (χ4v) is 1.37. The van der Waals surface area contributed by atoms with Gasteiger partial charge < -0.3 is 20.3 Å². The zero-order valence-corrected chi connectivity index (χ0v) is 10.4. The summed E-state index contributed by atoms with van der Waals surface area (Å²) in [6.07, 6.45) is -1.98. The summed E-state index contributed by atoms with van der Waals surface area (Å²) in [6.45, 7) is 1.91. The number of carbonyl (C=O) groups excluding carboxylic acids is 1. The van der Waals surface area contributed by atoms with E-state index < -0.39 is 18.3 Å². The van der Waals surface area contributed by atoms with Crippen molar-refractivity contribution >= 4 is 6.09 Å². The quantitative estimate of drug-likeness (QED) is 0.708. The summed E-state index contributed by atoms with van der Waals surface area (Å²) < 4.78 is 4.95. The van der Waals surface area contributed by atoms with Crippen LogP contribution in [0.25, 0.3) is 0 Å². The van der Waals surface area contributed by atoms with Gasteiger partial charge in [0.05, 0.1) is 12.2 Å². The number of aliphatic hydroxyl groups excluding tert-OH is 2. The standard InChI is InChI=1S/C13H19NO4/c1-2-11(15)12(16)8-14-13(17)18-9-10-6-4-3-5-7-10/h3-7,11-12,15-16H,2,8-9H2,1H3,(H,14,17)/t11-,12+/m1/s1. The highest BCUT2D eigenvalue weighted by Crippen LogP contribution is 2.01. The molecule has 5 heteroatoms. The number of amides is 1. The van der Waals surface area contributed by atoms with Crippen LogP contribution in [0.2, 0.25) is 0 Å². The zero-order valence-electron chi connectivity index (χ0n) is 10.4. The molecule has 0 saturated carbocycles. The van der Waals surface area contributed by atoms with Crippen LogP contribution < -0.4 is 5.32 Å². The van der Waals surface area contributed by atoms with Crippen molar-refractivity contribution in [3.8, 4) is 0 Å². The average molecular weight is 253 g/mol. The van der Waals surface area contributed by atoms with Crippen LogP contribution in [0.3, 0.4) is 0 Å². The Kier molecular flexibility index (Phi) is 6.18. The number of rotatable bonds is 6. The van der Waals surface area contributed by atoms with Crippen LogP contribution in [-0.2, 0) is 11.3 Å². The van der Waals surface area contributed by atoms with Gasteiger partial charge in [0.25, 0.3) is 0 Å².